The molecule has 132 valence electrons. The molecule has 2 aliphatic rings. The third-order valence-electron chi connectivity index (χ3n) is 5.27. The van der Waals surface area contributed by atoms with E-state index >= 15 is 0 Å². The van der Waals surface area contributed by atoms with E-state index in [2.05, 4.69) is 32.7 Å². The highest BCUT2D eigenvalue weighted by molar-refractivity contribution is 5.88. The van der Waals surface area contributed by atoms with Gasteiger partial charge in [0.1, 0.15) is 0 Å². The number of hydrazine groups is 1. The number of amides is 1. The van der Waals surface area contributed by atoms with Crippen LogP contribution in [0.3, 0.4) is 0 Å². The summed E-state index contributed by atoms with van der Waals surface area (Å²) in [5.41, 5.74) is 1.12. The summed E-state index contributed by atoms with van der Waals surface area (Å²) in [4.78, 5) is 12.8. The van der Waals surface area contributed by atoms with Crippen molar-refractivity contribution < 1.29 is 9.53 Å². The van der Waals surface area contributed by atoms with Gasteiger partial charge in [-0.3, -0.25) is 9.80 Å². The average Bonchev–Trinajstić information content (AvgIpc) is 2.87. The molecule has 0 radical (unpaired) electrons. The van der Waals surface area contributed by atoms with Crippen molar-refractivity contribution >= 4 is 5.91 Å². The Morgan fingerprint density at radius 2 is 1.75 bits per heavy atom. The molecule has 2 aliphatic heterocycles. The summed E-state index contributed by atoms with van der Waals surface area (Å²) >= 11 is 0. The van der Waals surface area contributed by atoms with E-state index in [1.54, 1.807) is 0 Å². The number of hydrogen-bond acceptors (Lipinski definition) is 3. The zero-order valence-corrected chi connectivity index (χ0v) is 15.3. The van der Waals surface area contributed by atoms with Crippen LogP contribution in [0.5, 0.6) is 0 Å². The minimum absolute atomic E-state index is 0.136. The van der Waals surface area contributed by atoms with E-state index in [4.69, 9.17) is 4.74 Å². The minimum atomic E-state index is -0.299. The first-order valence-electron chi connectivity index (χ1n) is 9.26. The van der Waals surface area contributed by atoms with Crippen molar-refractivity contribution in [2.24, 2.45) is 5.92 Å². The van der Waals surface area contributed by atoms with Crippen molar-refractivity contribution in [2.75, 3.05) is 0 Å². The number of ether oxygens (including phenoxy) is 1. The first-order valence-corrected chi connectivity index (χ1v) is 9.26. The largest absolute Gasteiger partial charge is 0.361 e. The van der Waals surface area contributed by atoms with Gasteiger partial charge in [0.15, 0.2) is 6.10 Å². The van der Waals surface area contributed by atoms with Gasteiger partial charge in [-0.2, -0.15) is 0 Å². The van der Waals surface area contributed by atoms with E-state index in [1.165, 1.54) is 0 Å². The molecule has 2 saturated heterocycles. The number of nitrogens with zero attached hydrogens (tertiary/aromatic N) is 2. The molecule has 1 aromatic rings. The van der Waals surface area contributed by atoms with Crippen LogP contribution in [0, 0.1) is 5.92 Å². The van der Waals surface area contributed by atoms with Crippen LogP contribution in [-0.2, 0) is 16.1 Å². The van der Waals surface area contributed by atoms with Crippen molar-refractivity contribution in [3.05, 3.63) is 35.9 Å². The highest BCUT2D eigenvalue weighted by atomic mass is 16.5. The van der Waals surface area contributed by atoms with E-state index in [0.717, 1.165) is 24.8 Å². The van der Waals surface area contributed by atoms with Gasteiger partial charge in [0.25, 0.3) is 5.91 Å². The third kappa shape index (κ3) is 3.35. The Kier molecular flexibility index (Phi) is 5.26. The fraction of sp³-hybridized carbons (Fsp3) is 0.650. The van der Waals surface area contributed by atoms with Crippen molar-refractivity contribution in [3.8, 4) is 0 Å². The second kappa shape index (κ2) is 7.24. The molecule has 3 rings (SSSR count). The monoisotopic (exact) mass is 330 g/mol. The number of rotatable bonds is 6. The lowest BCUT2D eigenvalue weighted by Gasteiger charge is -2.53. The maximum Gasteiger partial charge on any atom is 0.268 e. The van der Waals surface area contributed by atoms with Crippen LogP contribution in [0.4, 0.5) is 0 Å². The van der Waals surface area contributed by atoms with Crippen LogP contribution in [0.2, 0.25) is 0 Å². The van der Waals surface area contributed by atoms with E-state index in [9.17, 15) is 4.79 Å². The molecule has 4 nitrogen and oxygen atoms in total. The second-order valence-corrected chi connectivity index (χ2v) is 7.75. The normalized spacial score (nSPS) is 30.9. The molecular weight excluding hydrogens is 300 g/mol. The highest BCUT2D eigenvalue weighted by Gasteiger charge is 2.53. The summed E-state index contributed by atoms with van der Waals surface area (Å²) in [5.74, 6) is 0.679. The molecule has 2 fully saturated rings. The predicted molar refractivity (Wildman–Crippen MR) is 95.1 cm³/mol. The molecule has 0 saturated carbocycles. The fourth-order valence-corrected chi connectivity index (χ4v) is 4.04. The van der Waals surface area contributed by atoms with Gasteiger partial charge < -0.3 is 4.74 Å². The maximum atomic E-state index is 12.8. The van der Waals surface area contributed by atoms with Crippen LogP contribution in [0.25, 0.3) is 0 Å². The lowest BCUT2D eigenvalue weighted by Crippen LogP contribution is -2.72. The Morgan fingerprint density at radius 3 is 2.33 bits per heavy atom. The Balaban J connectivity index is 1.69. The molecule has 0 bridgehead atoms. The quantitative estimate of drug-likeness (QED) is 0.747. The van der Waals surface area contributed by atoms with Crippen LogP contribution in [0.15, 0.2) is 30.3 Å². The summed E-state index contributed by atoms with van der Waals surface area (Å²) < 4.78 is 6.03. The molecule has 24 heavy (non-hydrogen) atoms. The summed E-state index contributed by atoms with van der Waals surface area (Å²) in [6, 6.07) is 11.1. The van der Waals surface area contributed by atoms with Gasteiger partial charge in [-0.25, -0.2) is 5.01 Å². The Morgan fingerprint density at radius 1 is 1.12 bits per heavy atom. The zero-order valence-electron chi connectivity index (χ0n) is 15.3. The number of benzene rings is 1. The molecular formula is C20H30N2O2. The van der Waals surface area contributed by atoms with Gasteiger partial charge in [-0.15, -0.1) is 0 Å². The lowest BCUT2D eigenvalue weighted by atomic mass is 9.91. The zero-order chi connectivity index (χ0) is 17.3. The van der Waals surface area contributed by atoms with E-state index < -0.39 is 0 Å². The van der Waals surface area contributed by atoms with Gasteiger partial charge in [0.05, 0.1) is 12.6 Å². The molecule has 0 N–H and O–H groups in total. The van der Waals surface area contributed by atoms with Crippen LogP contribution in [-0.4, -0.2) is 40.2 Å². The number of hydrogen-bond donors (Lipinski definition) is 0. The van der Waals surface area contributed by atoms with Gasteiger partial charge in [-0.05, 0) is 44.6 Å². The summed E-state index contributed by atoms with van der Waals surface area (Å²) in [5, 5.41) is 4.32. The minimum Gasteiger partial charge on any atom is -0.361 e. The molecule has 2 heterocycles. The number of carbonyl (C=O) groups is 1. The molecule has 0 aliphatic carbocycles. The summed E-state index contributed by atoms with van der Waals surface area (Å²) in [6.07, 6.45) is 3.01. The van der Waals surface area contributed by atoms with E-state index in [1.807, 2.05) is 35.3 Å². The van der Waals surface area contributed by atoms with Gasteiger partial charge in [0, 0.05) is 12.1 Å². The molecule has 4 atom stereocenters. The number of carbonyl (C=O) groups excluding carboxylic acids is 1. The van der Waals surface area contributed by atoms with E-state index in [-0.39, 0.29) is 18.1 Å². The standard InChI is InChI=1S/C20H30N2O2/c1-14(2)12-18-19(24-13-17-8-6-5-7-9-17)20(23)22(18)21-15(3)10-11-16(21)4/h5-9,14-16,18-19H,10-13H2,1-4H3/t15-,16-,18+,19-/m1/s1. The molecule has 1 amide bonds. The van der Waals surface area contributed by atoms with Crippen LogP contribution >= 0.6 is 0 Å². The Hall–Kier alpha value is -1.39. The van der Waals surface area contributed by atoms with Gasteiger partial charge >= 0.3 is 0 Å². The predicted octanol–water partition coefficient (Wildman–Crippen LogP) is 3.62. The SMILES string of the molecule is CC(C)C[C@H]1[C@@H](OCc2ccccc2)C(=O)N1N1[C@H](C)CC[C@H]1C. The Bertz CT molecular complexity index is 550. The third-order valence-corrected chi connectivity index (χ3v) is 5.27. The number of β-lactam (4-membered cyclic amide) rings is 1. The van der Waals surface area contributed by atoms with Crippen molar-refractivity contribution in [3.63, 3.8) is 0 Å². The first-order chi connectivity index (χ1) is 11.5. The van der Waals surface area contributed by atoms with Crippen LogP contribution in [0.1, 0.15) is 52.5 Å². The van der Waals surface area contributed by atoms with Crippen molar-refractivity contribution in [2.45, 2.75) is 77.8 Å². The van der Waals surface area contributed by atoms with Crippen molar-refractivity contribution in [1.82, 2.24) is 10.0 Å². The Labute approximate surface area is 145 Å². The highest BCUT2D eigenvalue weighted by Crippen LogP contribution is 2.36. The summed E-state index contributed by atoms with van der Waals surface area (Å²) in [6.45, 7) is 9.38. The molecule has 0 unspecified atom stereocenters. The van der Waals surface area contributed by atoms with Gasteiger partial charge in [-0.1, -0.05) is 44.2 Å². The first kappa shape index (κ1) is 17.4. The topological polar surface area (TPSA) is 32.8 Å². The fourth-order valence-electron chi connectivity index (χ4n) is 4.04. The van der Waals surface area contributed by atoms with Crippen molar-refractivity contribution in [1.29, 1.82) is 0 Å². The average molecular weight is 330 g/mol. The smallest absolute Gasteiger partial charge is 0.268 e. The molecule has 0 spiro atoms. The van der Waals surface area contributed by atoms with E-state index in [0.29, 0.717) is 24.6 Å². The lowest BCUT2D eigenvalue weighted by molar-refractivity contribution is -0.222. The summed E-state index contributed by atoms with van der Waals surface area (Å²) in [7, 11) is 0. The second-order valence-electron chi connectivity index (χ2n) is 7.75. The van der Waals surface area contributed by atoms with Gasteiger partial charge in [0.2, 0.25) is 0 Å². The molecule has 0 aromatic heterocycles. The maximum absolute atomic E-state index is 12.8. The molecule has 1 aromatic carbocycles. The molecule has 4 heteroatoms. The van der Waals surface area contributed by atoms with Crippen LogP contribution < -0.4 is 0 Å².